The van der Waals surface area contributed by atoms with Crippen LogP contribution < -0.4 is 20.9 Å². The predicted molar refractivity (Wildman–Crippen MR) is 73.0 cm³/mol. The summed E-state index contributed by atoms with van der Waals surface area (Å²) in [5.41, 5.74) is 11.8. The molecule has 1 aromatic rings. The van der Waals surface area contributed by atoms with Gasteiger partial charge in [0.05, 0.1) is 17.8 Å². The third kappa shape index (κ3) is 3.47. The molecule has 1 rings (SSSR count). The third-order valence-corrected chi connectivity index (χ3v) is 3.11. The number of ether oxygens (including phenoxy) is 2. The smallest absolute Gasteiger partial charge is 0.219 e. The summed E-state index contributed by atoms with van der Waals surface area (Å²) in [6, 6.07) is 3.19. The molecule has 0 aliphatic rings. The fourth-order valence-corrected chi connectivity index (χ4v) is 2.33. The summed E-state index contributed by atoms with van der Waals surface area (Å²) >= 11 is 2.13. The van der Waals surface area contributed by atoms with E-state index in [0.717, 1.165) is 9.13 Å². The Balaban J connectivity index is 3.10. The summed E-state index contributed by atoms with van der Waals surface area (Å²) in [6.07, 6.45) is 0.103. The van der Waals surface area contributed by atoms with Crippen molar-refractivity contribution in [1.82, 2.24) is 0 Å². The molecule has 0 aromatic heterocycles. The minimum absolute atomic E-state index is 0.103. The summed E-state index contributed by atoms with van der Waals surface area (Å²) in [5.74, 6) is 0.819. The van der Waals surface area contributed by atoms with Gasteiger partial charge in [-0.05, 0) is 40.3 Å². The Kier molecular flexibility index (Phi) is 5.01. The highest BCUT2D eigenvalue weighted by Gasteiger charge is 2.15. The van der Waals surface area contributed by atoms with Crippen LogP contribution in [0, 0.1) is 3.57 Å². The Morgan fingerprint density at radius 2 is 2.06 bits per heavy atom. The highest BCUT2D eigenvalue weighted by atomic mass is 127. The van der Waals surface area contributed by atoms with Crippen molar-refractivity contribution >= 4 is 28.5 Å². The zero-order valence-corrected chi connectivity index (χ0v) is 11.9. The van der Waals surface area contributed by atoms with E-state index in [1.807, 2.05) is 6.07 Å². The number of carbonyl (C=O) groups excluding carboxylic acids is 1. The number of primary amides is 1. The molecule has 6 heteroatoms. The average molecular weight is 350 g/mol. The van der Waals surface area contributed by atoms with Crippen molar-refractivity contribution in [3.8, 4) is 11.5 Å². The van der Waals surface area contributed by atoms with Crippen LogP contribution in [-0.2, 0) is 4.79 Å². The number of nitrogens with two attached hydrogens (primary N) is 2. The summed E-state index contributed by atoms with van der Waals surface area (Å²) < 4.78 is 11.3. The molecular formula is C11H15IN2O3. The van der Waals surface area contributed by atoms with E-state index in [4.69, 9.17) is 20.9 Å². The molecule has 5 nitrogen and oxygen atoms in total. The predicted octanol–water partition coefficient (Wildman–Crippen LogP) is 1.18. The summed E-state index contributed by atoms with van der Waals surface area (Å²) in [5, 5.41) is 0. The van der Waals surface area contributed by atoms with Crippen LogP contribution in [-0.4, -0.2) is 20.1 Å². The number of hydrogen-bond donors (Lipinski definition) is 2. The Morgan fingerprint density at radius 3 is 2.53 bits per heavy atom. The van der Waals surface area contributed by atoms with E-state index in [-0.39, 0.29) is 6.42 Å². The zero-order chi connectivity index (χ0) is 13.0. The monoisotopic (exact) mass is 350 g/mol. The van der Waals surface area contributed by atoms with Gasteiger partial charge in [0.1, 0.15) is 0 Å². The lowest BCUT2D eigenvalue weighted by Crippen LogP contribution is -2.20. The summed E-state index contributed by atoms with van der Waals surface area (Å²) in [4.78, 5) is 10.8. The van der Waals surface area contributed by atoms with E-state index in [1.54, 1.807) is 20.3 Å². The standard InChI is InChI=1S/C11H15IN2O3/c1-16-9-4-6(8(13)5-10(14)15)3-7(12)11(9)17-2/h3-4,8H,5,13H2,1-2H3,(H2,14,15). The number of benzene rings is 1. The largest absolute Gasteiger partial charge is 0.493 e. The number of hydrogen-bond acceptors (Lipinski definition) is 4. The summed E-state index contributed by atoms with van der Waals surface area (Å²) in [6.45, 7) is 0. The molecule has 0 heterocycles. The Morgan fingerprint density at radius 1 is 1.41 bits per heavy atom. The Labute approximate surface area is 114 Å². The molecule has 0 aliphatic carbocycles. The number of carbonyl (C=O) groups is 1. The second kappa shape index (κ2) is 6.06. The Hall–Kier alpha value is -1.02. The van der Waals surface area contributed by atoms with Crippen molar-refractivity contribution < 1.29 is 14.3 Å². The van der Waals surface area contributed by atoms with Crippen LogP contribution in [0.25, 0.3) is 0 Å². The van der Waals surface area contributed by atoms with Gasteiger partial charge in [-0.3, -0.25) is 4.79 Å². The molecule has 17 heavy (non-hydrogen) atoms. The molecule has 1 aromatic carbocycles. The van der Waals surface area contributed by atoms with Crippen LogP contribution in [0.1, 0.15) is 18.0 Å². The third-order valence-electron chi connectivity index (χ3n) is 2.31. The fraction of sp³-hybridized carbons (Fsp3) is 0.364. The van der Waals surface area contributed by atoms with Crippen molar-refractivity contribution in [2.24, 2.45) is 11.5 Å². The molecule has 94 valence electrons. The van der Waals surface area contributed by atoms with E-state index in [1.165, 1.54) is 0 Å². The van der Waals surface area contributed by atoms with Gasteiger partial charge in [-0.15, -0.1) is 0 Å². The first kappa shape index (κ1) is 14.0. The average Bonchev–Trinajstić information content (AvgIpc) is 2.26. The molecule has 0 aliphatic heterocycles. The summed E-state index contributed by atoms with van der Waals surface area (Å²) in [7, 11) is 3.13. The van der Waals surface area contributed by atoms with Crippen molar-refractivity contribution in [1.29, 1.82) is 0 Å². The first-order valence-corrected chi connectivity index (χ1v) is 6.02. The lowest BCUT2D eigenvalue weighted by molar-refractivity contribution is -0.118. The van der Waals surface area contributed by atoms with Gasteiger partial charge in [-0.25, -0.2) is 0 Å². The highest BCUT2D eigenvalue weighted by Crippen LogP contribution is 2.35. The van der Waals surface area contributed by atoms with Gasteiger partial charge in [-0.2, -0.15) is 0 Å². The zero-order valence-electron chi connectivity index (χ0n) is 9.70. The quantitative estimate of drug-likeness (QED) is 0.781. The normalized spacial score (nSPS) is 12.0. The van der Waals surface area contributed by atoms with Gasteiger partial charge < -0.3 is 20.9 Å². The fourth-order valence-electron chi connectivity index (χ4n) is 1.49. The van der Waals surface area contributed by atoms with Crippen molar-refractivity contribution in [2.75, 3.05) is 14.2 Å². The molecule has 0 radical (unpaired) electrons. The molecule has 0 fully saturated rings. The number of methoxy groups -OCH3 is 2. The van der Waals surface area contributed by atoms with Gasteiger partial charge in [0.15, 0.2) is 11.5 Å². The minimum Gasteiger partial charge on any atom is -0.493 e. The van der Waals surface area contributed by atoms with Crippen molar-refractivity contribution in [3.63, 3.8) is 0 Å². The molecule has 1 unspecified atom stereocenters. The molecular weight excluding hydrogens is 335 g/mol. The molecule has 4 N–H and O–H groups in total. The van der Waals surface area contributed by atoms with Crippen LogP contribution in [0.2, 0.25) is 0 Å². The molecule has 0 bridgehead atoms. The maximum absolute atomic E-state index is 10.8. The molecule has 1 atom stereocenters. The van der Waals surface area contributed by atoms with E-state index in [2.05, 4.69) is 22.6 Å². The van der Waals surface area contributed by atoms with Crippen LogP contribution in [0.3, 0.4) is 0 Å². The van der Waals surface area contributed by atoms with E-state index in [0.29, 0.717) is 11.5 Å². The molecule has 1 amide bonds. The SMILES string of the molecule is COc1cc(C(N)CC(N)=O)cc(I)c1OC. The van der Waals surface area contributed by atoms with Crippen LogP contribution in [0.4, 0.5) is 0 Å². The van der Waals surface area contributed by atoms with Gasteiger partial charge in [0.2, 0.25) is 5.91 Å². The Bertz CT molecular complexity index is 423. The van der Waals surface area contributed by atoms with E-state index >= 15 is 0 Å². The first-order valence-electron chi connectivity index (χ1n) is 4.95. The van der Waals surface area contributed by atoms with Crippen molar-refractivity contribution in [2.45, 2.75) is 12.5 Å². The van der Waals surface area contributed by atoms with Gasteiger partial charge >= 0.3 is 0 Å². The van der Waals surface area contributed by atoms with E-state index in [9.17, 15) is 4.79 Å². The lowest BCUT2D eigenvalue weighted by atomic mass is 10.0. The molecule has 0 saturated carbocycles. The maximum atomic E-state index is 10.8. The van der Waals surface area contributed by atoms with Crippen LogP contribution in [0.5, 0.6) is 11.5 Å². The number of rotatable bonds is 5. The minimum atomic E-state index is -0.430. The topological polar surface area (TPSA) is 87.6 Å². The van der Waals surface area contributed by atoms with Gasteiger partial charge in [-0.1, -0.05) is 0 Å². The lowest BCUT2D eigenvalue weighted by Gasteiger charge is -2.15. The van der Waals surface area contributed by atoms with E-state index < -0.39 is 11.9 Å². The molecule has 0 spiro atoms. The van der Waals surface area contributed by atoms with Crippen LogP contribution >= 0.6 is 22.6 Å². The second-order valence-corrected chi connectivity index (χ2v) is 4.68. The first-order chi connectivity index (χ1) is 7.99. The number of amides is 1. The number of halogens is 1. The van der Waals surface area contributed by atoms with Gasteiger partial charge in [0.25, 0.3) is 0 Å². The second-order valence-electron chi connectivity index (χ2n) is 3.52. The highest BCUT2D eigenvalue weighted by molar-refractivity contribution is 14.1. The maximum Gasteiger partial charge on any atom is 0.219 e. The van der Waals surface area contributed by atoms with Crippen molar-refractivity contribution in [3.05, 3.63) is 21.3 Å². The van der Waals surface area contributed by atoms with Gasteiger partial charge in [0, 0.05) is 12.5 Å². The molecule has 0 saturated heterocycles. The van der Waals surface area contributed by atoms with Crippen LogP contribution in [0.15, 0.2) is 12.1 Å².